The molecule has 0 radical (unpaired) electrons. The van der Waals surface area contributed by atoms with Crippen molar-refractivity contribution in [2.24, 2.45) is 0 Å². The third kappa shape index (κ3) is 3.10. The maximum atomic E-state index is 13.1. The van der Waals surface area contributed by atoms with Crippen LogP contribution in [0.25, 0.3) is 0 Å². The van der Waals surface area contributed by atoms with Crippen LogP contribution in [0.4, 0.5) is 4.39 Å². The van der Waals surface area contributed by atoms with E-state index in [4.69, 9.17) is 4.74 Å². The molecule has 2 aromatic rings. The fraction of sp³-hybridized carbons (Fsp3) is 0.200. The van der Waals surface area contributed by atoms with Gasteiger partial charge in [0.05, 0.1) is 0 Å². The molecule has 0 aliphatic rings. The Kier molecular flexibility index (Phi) is 4.02. The zero-order chi connectivity index (χ0) is 13.1. The summed E-state index contributed by atoms with van der Waals surface area (Å²) in [6, 6.07) is 10.6. The highest BCUT2D eigenvalue weighted by atomic mass is 79.9. The fourth-order valence-corrected chi connectivity index (χ4v) is 2.20. The van der Waals surface area contributed by atoms with E-state index in [1.54, 1.807) is 6.07 Å². The van der Waals surface area contributed by atoms with Crippen molar-refractivity contribution >= 4 is 15.9 Å². The maximum absolute atomic E-state index is 13.1. The first-order valence-electron chi connectivity index (χ1n) is 5.70. The molecule has 2 aromatic carbocycles. The minimum Gasteiger partial charge on any atom is -0.489 e. The highest BCUT2D eigenvalue weighted by molar-refractivity contribution is 9.10. The van der Waals surface area contributed by atoms with Gasteiger partial charge in [0.1, 0.15) is 18.2 Å². The SMILES string of the molecule is Cc1ccc(F)cc1COc1ccc(Br)cc1C. The molecule has 3 heteroatoms. The Hall–Kier alpha value is -1.35. The van der Waals surface area contributed by atoms with Crippen molar-refractivity contribution < 1.29 is 9.13 Å². The van der Waals surface area contributed by atoms with Crippen molar-refractivity contribution in [2.45, 2.75) is 20.5 Å². The number of rotatable bonds is 3. The minimum absolute atomic E-state index is 0.230. The van der Waals surface area contributed by atoms with Gasteiger partial charge in [0.25, 0.3) is 0 Å². The van der Waals surface area contributed by atoms with Gasteiger partial charge in [0, 0.05) is 4.47 Å². The Bertz CT molecular complexity index is 566. The van der Waals surface area contributed by atoms with E-state index in [9.17, 15) is 4.39 Å². The van der Waals surface area contributed by atoms with E-state index in [0.717, 1.165) is 26.9 Å². The van der Waals surface area contributed by atoms with Crippen LogP contribution >= 0.6 is 15.9 Å². The summed E-state index contributed by atoms with van der Waals surface area (Å²) in [6.07, 6.45) is 0. The van der Waals surface area contributed by atoms with Crippen LogP contribution in [0.3, 0.4) is 0 Å². The summed E-state index contributed by atoms with van der Waals surface area (Å²) in [6.45, 7) is 4.32. The third-order valence-electron chi connectivity index (χ3n) is 2.83. The van der Waals surface area contributed by atoms with Gasteiger partial charge in [-0.25, -0.2) is 4.39 Å². The van der Waals surface area contributed by atoms with Gasteiger partial charge in [-0.05, 0) is 60.9 Å². The maximum Gasteiger partial charge on any atom is 0.123 e. The second kappa shape index (κ2) is 5.53. The molecule has 0 spiro atoms. The van der Waals surface area contributed by atoms with Gasteiger partial charge < -0.3 is 4.74 Å². The van der Waals surface area contributed by atoms with Crippen LogP contribution in [-0.4, -0.2) is 0 Å². The summed E-state index contributed by atoms with van der Waals surface area (Å²) in [4.78, 5) is 0. The van der Waals surface area contributed by atoms with Gasteiger partial charge in [0.15, 0.2) is 0 Å². The van der Waals surface area contributed by atoms with E-state index in [2.05, 4.69) is 15.9 Å². The van der Waals surface area contributed by atoms with Crippen LogP contribution in [0.1, 0.15) is 16.7 Å². The molecule has 0 fully saturated rings. The minimum atomic E-state index is -0.230. The molecule has 0 aliphatic carbocycles. The molecule has 0 N–H and O–H groups in total. The van der Waals surface area contributed by atoms with Crippen molar-refractivity contribution in [1.29, 1.82) is 0 Å². The molecule has 0 atom stereocenters. The zero-order valence-electron chi connectivity index (χ0n) is 10.3. The van der Waals surface area contributed by atoms with Gasteiger partial charge in [-0.1, -0.05) is 22.0 Å². The molecular weight excluding hydrogens is 295 g/mol. The van der Waals surface area contributed by atoms with Gasteiger partial charge in [0.2, 0.25) is 0 Å². The molecule has 1 nitrogen and oxygen atoms in total. The van der Waals surface area contributed by atoms with E-state index in [-0.39, 0.29) is 5.82 Å². The molecule has 0 aliphatic heterocycles. The molecule has 0 unspecified atom stereocenters. The monoisotopic (exact) mass is 308 g/mol. The van der Waals surface area contributed by atoms with E-state index in [0.29, 0.717) is 6.61 Å². The van der Waals surface area contributed by atoms with Crippen molar-refractivity contribution in [1.82, 2.24) is 0 Å². The first-order chi connectivity index (χ1) is 8.56. The van der Waals surface area contributed by atoms with Crippen LogP contribution < -0.4 is 4.74 Å². The standard InChI is InChI=1S/C15H14BrFO/c1-10-3-5-14(17)8-12(10)9-18-15-6-4-13(16)7-11(15)2/h3-8H,9H2,1-2H3. The molecule has 0 saturated carbocycles. The fourth-order valence-electron chi connectivity index (χ4n) is 1.73. The molecule has 2 rings (SSSR count). The van der Waals surface area contributed by atoms with E-state index < -0.39 is 0 Å². The summed E-state index contributed by atoms with van der Waals surface area (Å²) < 4.78 is 19.9. The number of ether oxygens (including phenoxy) is 1. The second-order valence-corrected chi connectivity index (χ2v) is 5.18. The summed E-state index contributed by atoms with van der Waals surface area (Å²) >= 11 is 3.41. The second-order valence-electron chi connectivity index (χ2n) is 4.27. The lowest BCUT2D eigenvalue weighted by Gasteiger charge is -2.11. The largest absolute Gasteiger partial charge is 0.489 e. The Morgan fingerprint density at radius 2 is 1.83 bits per heavy atom. The first kappa shape index (κ1) is 13.1. The van der Waals surface area contributed by atoms with Crippen molar-refractivity contribution in [2.75, 3.05) is 0 Å². The lowest BCUT2D eigenvalue weighted by molar-refractivity contribution is 0.302. The Morgan fingerprint density at radius 1 is 1.06 bits per heavy atom. The number of halogens is 2. The normalized spacial score (nSPS) is 10.4. The molecule has 18 heavy (non-hydrogen) atoms. The van der Waals surface area contributed by atoms with Crippen LogP contribution in [0, 0.1) is 19.7 Å². The average Bonchev–Trinajstić information content (AvgIpc) is 2.32. The predicted molar refractivity (Wildman–Crippen MR) is 74.3 cm³/mol. The smallest absolute Gasteiger partial charge is 0.123 e. The van der Waals surface area contributed by atoms with Crippen molar-refractivity contribution in [3.8, 4) is 5.75 Å². The molecule has 0 bridgehead atoms. The van der Waals surface area contributed by atoms with Crippen molar-refractivity contribution in [3.05, 3.63) is 63.4 Å². The molecule has 0 amide bonds. The summed E-state index contributed by atoms with van der Waals surface area (Å²) in [5.74, 6) is 0.591. The van der Waals surface area contributed by atoms with Gasteiger partial charge in [-0.15, -0.1) is 0 Å². The van der Waals surface area contributed by atoms with E-state index >= 15 is 0 Å². The number of aryl methyl sites for hydroxylation is 2. The van der Waals surface area contributed by atoms with Crippen LogP contribution in [-0.2, 0) is 6.61 Å². The van der Waals surface area contributed by atoms with Crippen LogP contribution in [0.5, 0.6) is 5.75 Å². The zero-order valence-corrected chi connectivity index (χ0v) is 11.9. The lowest BCUT2D eigenvalue weighted by Crippen LogP contribution is -1.99. The van der Waals surface area contributed by atoms with E-state index in [1.165, 1.54) is 12.1 Å². The number of benzene rings is 2. The first-order valence-corrected chi connectivity index (χ1v) is 6.49. The van der Waals surface area contributed by atoms with Crippen LogP contribution in [0.15, 0.2) is 40.9 Å². The van der Waals surface area contributed by atoms with E-state index in [1.807, 2.05) is 32.0 Å². The summed E-state index contributed by atoms with van der Waals surface area (Å²) in [5.41, 5.74) is 2.96. The Balaban J connectivity index is 2.13. The Morgan fingerprint density at radius 3 is 2.56 bits per heavy atom. The average molecular weight is 309 g/mol. The predicted octanol–water partition coefficient (Wildman–Crippen LogP) is 4.78. The molecule has 0 heterocycles. The van der Waals surface area contributed by atoms with Crippen molar-refractivity contribution in [3.63, 3.8) is 0 Å². The molecule has 94 valence electrons. The summed E-state index contributed by atoms with van der Waals surface area (Å²) in [5, 5.41) is 0. The third-order valence-corrected chi connectivity index (χ3v) is 3.32. The van der Waals surface area contributed by atoms with Crippen LogP contribution in [0.2, 0.25) is 0 Å². The Labute approximate surface area is 115 Å². The van der Waals surface area contributed by atoms with Gasteiger partial charge in [-0.3, -0.25) is 0 Å². The number of hydrogen-bond donors (Lipinski definition) is 0. The quantitative estimate of drug-likeness (QED) is 0.792. The highest BCUT2D eigenvalue weighted by Crippen LogP contribution is 2.23. The molecular formula is C15H14BrFO. The highest BCUT2D eigenvalue weighted by Gasteiger charge is 2.04. The summed E-state index contributed by atoms with van der Waals surface area (Å²) in [7, 11) is 0. The molecule has 0 aromatic heterocycles. The number of hydrogen-bond acceptors (Lipinski definition) is 1. The molecule has 0 saturated heterocycles. The topological polar surface area (TPSA) is 9.23 Å². The lowest BCUT2D eigenvalue weighted by atomic mass is 10.1. The van der Waals surface area contributed by atoms with Gasteiger partial charge >= 0.3 is 0 Å². The van der Waals surface area contributed by atoms with Gasteiger partial charge in [-0.2, -0.15) is 0 Å².